The molecule has 3 amide bonds. The molecule has 0 saturated carbocycles. The Hall–Kier alpha value is -3.90. The van der Waals surface area contributed by atoms with Crippen molar-refractivity contribution in [3.05, 3.63) is 101 Å². The fourth-order valence-corrected chi connectivity index (χ4v) is 3.39. The Morgan fingerprint density at radius 2 is 1.48 bits per heavy atom. The summed E-state index contributed by atoms with van der Waals surface area (Å²) >= 11 is 6.15. The maximum Gasteiger partial charge on any atom is 0.283 e. The molecule has 6 nitrogen and oxygen atoms in total. The molecule has 0 atom stereocenters. The average molecular weight is 432 g/mol. The summed E-state index contributed by atoms with van der Waals surface area (Å²) in [7, 11) is 0. The lowest BCUT2D eigenvalue weighted by molar-refractivity contribution is -0.120. The summed E-state index contributed by atoms with van der Waals surface area (Å²) < 4.78 is 0. The van der Waals surface area contributed by atoms with Crippen LogP contribution < -0.4 is 15.5 Å². The van der Waals surface area contributed by atoms with E-state index in [9.17, 15) is 14.4 Å². The molecule has 154 valence electrons. The van der Waals surface area contributed by atoms with Crippen LogP contribution in [0.3, 0.4) is 0 Å². The van der Waals surface area contributed by atoms with Crippen LogP contribution >= 0.6 is 11.6 Å². The number of halogens is 1. The fraction of sp³-hybridized carbons (Fsp3) is 0.0417. The van der Waals surface area contributed by atoms with Crippen molar-refractivity contribution >= 4 is 46.4 Å². The minimum atomic E-state index is -0.588. The van der Waals surface area contributed by atoms with Gasteiger partial charge in [0.1, 0.15) is 10.7 Å². The standard InChI is InChI=1S/C24H18ClN3O3/c1-15-7-5-6-10-19(15)27-22(29)16-11-13-17(14-12-16)26-21-20(25)23(30)28(24(21)31)18-8-3-2-4-9-18/h2-14,26H,1H3,(H,27,29). The van der Waals surface area contributed by atoms with Gasteiger partial charge in [-0.1, -0.05) is 48.0 Å². The van der Waals surface area contributed by atoms with Gasteiger partial charge in [-0.25, -0.2) is 4.90 Å². The lowest BCUT2D eigenvalue weighted by Gasteiger charge is -2.15. The molecule has 1 aliphatic heterocycles. The third-order valence-electron chi connectivity index (χ3n) is 4.85. The zero-order chi connectivity index (χ0) is 22.0. The monoisotopic (exact) mass is 431 g/mol. The molecule has 7 heteroatoms. The van der Waals surface area contributed by atoms with Crippen molar-refractivity contribution in [2.24, 2.45) is 0 Å². The minimum absolute atomic E-state index is 0.00682. The number of carbonyl (C=O) groups is 3. The predicted octanol–water partition coefficient (Wildman–Crippen LogP) is 4.68. The van der Waals surface area contributed by atoms with E-state index < -0.39 is 11.8 Å². The van der Waals surface area contributed by atoms with Crippen LogP contribution in [0.15, 0.2) is 89.6 Å². The molecular formula is C24H18ClN3O3. The van der Waals surface area contributed by atoms with Crippen LogP contribution in [-0.4, -0.2) is 17.7 Å². The van der Waals surface area contributed by atoms with E-state index in [0.717, 1.165) is 16.2 Å². The molecule has 31 heavy (non-hydrogen) atoms. The van der Waals surface area contributed by atoms with Crippen LogP contribution in [0.25, 0.3) is 0 Å². The Morgan fingerprint density at radius 3 is 2.16 bits per heavy atom. The van der Waals surface area contributed by atoms with Crippen molar-refractivity contribution in [2.75, 3.05) is 15.5 Å². The third kappa shape index (κ3) is 4.06. The van der Waals surface area contributed by atoms with Crippen LogP contribution in [0.1, 0.15) is 15.9 Å². The van der Waals surface area contributed by atoms with Crippen molar-refractivity contribution in [3.8, 4) is 0 Å². The molecule has 0 spiro atoms. The van der Waals surface area contributed by atoms with Crippen LogP contribution in [-0.2, 0) is 9.59 Å². The van der Waals surface area contributed by atoms with Gasteiger partial charge in [0.05, 0.1) is 5.69 Å². The van der Waals surface area contributed by atoms with Crippen molar-refractivity contribution < 1.29 is 14.4 Å². The van der Waals surface area contributed by atoms with Gasteiger partial charge < -0.3 is 10.6 Å². The molecule has 3 aromatic carbocycles. The minimum Gasteiger partial charge on any atom is -0.350 e. The van der Waals surface area contributed by atoms with Gasteiger partial charge in [0.25, 0.3) is 17.7 Å². The van der Waals surface area contributed by atoms with Crippen molar-refractivity contribution in [3.63, 3.8) is 0 Å². The Balaban J connectivity index is 1.49. The molecule has 2 N–H and O–H groups in total. The molecule has 0 aromatic heterocycles. The topological polar surface area (TPSA) is 78.5 Å². The number of hydrogen-bond donors (Lipinski definition) is 2. The first-order valence-electron chi connectivity index (χ1n) is 9.53. The SMILES string of the molecule is Cc1ccccc1NC(=O)c1ccc(NC2=C(Cl)C(=O)N(c3ccccc3)C2=O)cc1. The Morgan fingerprint density at radius 1 is 0.839 bits per heavy atom. The summed E-state index contributed by atoms with van der Waals surface area (Å²) in [5, 5.41) is 5.58. The van der Waals surface area contributed by atoms with E-state index in [-0.39, 0.29) is 16.6 Å². The summed E-state index contributed by atoms with van der Waals surface area (Å²) in [5.41, 5.74) is 3.11. The molecule has 3 aromatic rings. The number of nitrogens with one attached hydrogen (secondary N) is 2. The molecule has 4 rings (SSSR count). The molecule has 0 radical (unpaired) electrons. The smallest absolute Gasteiger partial charge is 0.283 e. The van der Waals surface area contributed by atoms with E-state index in [1.165, 1.54) is 0 Å². The third-order valence-corrected chi connectivity index (χ3v) is 5.20. The van der Waals surface area contributed by atoms with Gasteiger partial charge in [-0.3, -0.25) is 14.4 Å². The van der Waals surface area contributed by atoms with E-state index in [2.05, 4.69) is 10.6 Å². The average Bonchev–Trinajstić information content (AvgIpc) is 2.99. The first-order chi connectivity index (χ1) is 15.0. The van der Waals surface area contributed by atoms with Gasteiger partial charge in [-0.05, 0) is 55.0 Å². The number of carbonyl (C=O) groups excluding carboxylic acids is 3. The van der Waals surface area contributed by atoms with E-state index in [1.54, 1.807) is 54.6 Å². The zero-order valence-electron chi connectivity index (χ0n) is 16.6. The van der Waals surface area contributed by atoms with Crippen molar-refractivity contribution in [1.29, 1.82) is 0 Å². The van der Waals surface area contributed by atoms with Crippen molar-refractivity contribution in [2.45, 2.75) is 6.92 Å². The lowest BCUT2D eigenvalue weighted by atomic mass is 10.1. The lowest BCUT2D eigenvalue weighted by Crippen LogP contribution is -2.32. The summed E-state index contributed by atoms with van der Waals surface area (Å²) in [6, 6.07) is 22.6. The largest absolute Gasteiger partial charge is 0.350 e. The van der Waals surface area contributed by atoms with E-state index in [0.29, 0.717) is 16.9 Å². The van der Waals surface area contributed by atoms with Crippen molar-refractivity contribution in [1.82, 2.24) is 0 Å². The number of imide groups is 1. The van der Waals surface area contributed by atoms with Crippen LogP contribution in [0.5, 0.6) is 0 Å². The predicted molar refractivity (Wildman–Crippen MR) is 121 cm³/mol. The molecule has 0 fully saturated rings. The fourth-order valence-electron chi connectivity index (χ4n) is 3.18. The molecule has 1 aliphatic rings. The number of rotatable bonds is 5. The highest BCUT2D eigenvalue weighted by Crippen LogP contribution is 2.30. The normalized spacial score (nSPS) is 13.5. The van der Waals surface area contributed by atoms with Crippen LogP contribution in [0.4, 0.5) is 17.1 Å². The number of amides is 3. The highest BCUT2D eigenvalue weighted by atomic mass is 35.5. The Bertz CT molecular complexity index is 1200. The van der Waals surface area contributed by atoms with E-state index in [4.69, 9.17) is 11.6 Å². The number of para-hydroxylation sites is 2. The highest BCUT2D eigenvalue weighted by molar-refractivity contribution is 6.53. The second-order valence-corrected chi connectivity index (χ2v) is 7.32. The van der Waals surface area contributed by atoms with Gasteiger partial charge in [0, 0.05) is 16.9 Å². The second kappa shape index (κ2) is 8.45. The summed E-state index contributed by atoms with van der Waals surface area (Å²) in [6.45, 7) is 1.92. The Labute approximate surface area is 184 Å². The zero-order valence-corrected chi connectivity index (χ0v) is 17.3. The van der Waals surface area contributed by atoms with E-state index >= 15 is 0 Å². The second-order valence-electron chi connectivity index (χ2n) is 6.94. The number of aryl methyl sites for hydroxylation is 1. The van der Waals surface area contributed by atoms with E-state index in [1.807, 2.05) is 31.2 Å². The molecular weight excluding hydrogens is 414 g/mol. The first kappa shape index (κ1) is 20.4. The van der Waals surface area contributed by atoms with Gasteiger partial charge in [-0.15, -0.1) is 0 Å². The number of anilines is 3. The number of benzene rings is 3. The van der Waals surface area contributed by atoms with Gasteiger partial charge in [-0.2, -0.15) is 0 Å². The van der Waals surface area contributed by atoms with Crippen LogP contribution in [0.2, 0.25) is 0 Å². The molecule has 0 aliphatic carbocycles. The number of hydrogen-bond acceptors (Lipinski definition) is 4. The maximum atomic E-state index is 12.8. The molecule has 0 unspecified atom stereocenters. The first-order valence-corrected chi connectivity index (χ1v) is 9.91. The number of nitrogens with zero attached hydrogens (tertiary/aromatic N) is 1. The Kier molecular flexibility index (Phi) is 5.56. The summed E-state index contributed by atoms with van der Waals surface area (Å²) in [5.74, 6) is -1.38. The van der Waals surface area contributed by atoms with Crippen LogP contribution in [0, 0.1) is 6.92 Å². The molecule has 0 saturated heterocycles. The summed E-state index contributed by atoms with van der Waals surface area (Å²) in [4.78, 5) is 38.8. The molecule has 0 bridgehead atoms. The van der Waals surface area contributed by atoms with Gasteiger partial charge >= 0.3 is 0 Å². The molecule has 1 heterocycles. The van der Waals surface area contributed by atoms with Gasteiger partial charge in [0.15, 0.2) is 0 Å². The quantitative estimate of drug-likeness (QED) is 0.575. The highest BCUT2D eigenvalue weighted by Gasteiger charge is 2.38. The maximum absolute atomic E-state index is 12.8. The summed E-state index contributed by atoms with van der Waals surface area (Å²) in [6.07, 6.45) is 0. The van der Waals surface area contributed by atoms with Gasteiger partial charge in [0.2, 0.25) is 0 Å².